The van der Waals surface area contributed by atoms with Gasteiger partial charge in [-0.05, 0) is 201 Å². The highest BCUT2D eigenvalue weighted by atomic mass is 79.9. The Bertz CT molecular complexity index is 4920. The number of hydrogen-bond donors (Lipinski definition) is 0. The molecule has 0 unspecified atom stereocenters. The van der Waals surface area contributed by atoms with Gasteiger partial charge in [0.2, 0.25) is 0 Å². The van der Waals surface area contributed by atoms with Crippen molar-refractivity contribution in [2.45, 2.75) is 81.3 Å². The van der Waals surface area contributed by atoms with Gasteiger partial charge in [-0.15, -0.1) is 0 Å². The number of fused-ring (bicyclic) bond motifs is 18. The number of furan rings is 2. The quantitative estimate of drug-likeness (QED) is 0.0976. The minimum atomic E-state index is -2.19. The lowest BCUT2D eigenvalue weighted by atomic mass is 9.78. The Balaban J connectivity index is 0.000000144. The van der Waals surface area contributed by atoms with Gasteiger partial charge in [0.15, 0.2) is 0 Å². The lowest BCUT2D eigenvalue weighted by Crippen LogP contribution is -2.41. The van der Waals surface area contributed by atoms with Crippen LogP contribution in [0, 0.1) is 27.6 Å². The second-order valence-corrected chi connectivity index (χ2v) is 21.7. The van der Waals surface area contributed by atoms with E-state index in [-0.39, 0.29) is 20.4 Å². The summed E-state index contributed by atoms with van der Waals surface area (Å²) in [6.07, 6.45) is 2.85. The van der Waals surface area contributed by atoms with Crippen LogP contribution in [-0.4, -0.2) is 28.3 Å². The first-order chi connectivity index (χ1) is 39.1. The average Bonchev–Trinajstić information content (AvgIpc) is 2.62. The van der Waals surface area contributed by atoms with Gasteiger partial charge in [-0.3, -0.25) is 4.98 Å². The van der Waals surface area contributed by atoms with Gasteiger partial charge in [0.1, 0.15) is 26.9 Å². The Hall–Kier alpha value is -7.88. The molecule has 0 atom stereocenters. The zero-order chi connectivity index (χ0) is 57.2. The van der Waals surface area contributed by atoms with Crippen LogP contribution in [0.4, 0.5) is 0 Å². The summed E-state index contributed by atoms with van der Waals surface area (Å²) >= 11 is 3.17. The Kier molecular flexibility index (Phi) is 11.5. The highest BCUT2D eigenvalue weighted by Gasteiger charge is 2.52. The number of pyridine rings is 2. The van der Waals surface area contributed by atoms with E-state index in [1.54, 1.807) is 13.0 Å². The minimum Gasteiger partial charge on any atom is -0.456 e. The van der Waals surface area contributed by atoms with Gasteiger partial charge in [0.05, 0.1) is 16.9 Å². The summed E-state index contributed by atoms with van der Waals surface area (Å²) in [4.78, 5) is 8.38. The SMILES string of the molecule is C.C.CC1(C)OB(c2cccc3c2oc2cc4c5ccccc5c5ccccc5c4cc23)OC1(C)C.[2H]C([2H])([2H])c1cnc(-c2cccc3c2oc2cc4c5ccccc5c5ccccc5c4cc23)cc1C.[2H]C([2H])([2H])c1cnc(Br)cc1C. The number of nitrogens with zero attached hydrogens (tertiary/aromatic N) is 2. The van der Waals surface area contributed by atoms with E-state index in [4.69, 9.17) is 26.4 Å². The maximum absolute atomic E-state index is 7.75. The lowest BCUT2D eigenvalue weighted by molar-refractivity contribution is 0.00578. The van der Waals surface area contributed by atoms with Crippen LogP contribution in [0.3, 0.4) is 0 Å². The van der Waals surface area contributed by atoms with E-state index < -0.39 is 32.0 Å². The summed E-state index contributed by atoms with van der Waals surface area (Å²) in [5.41, 5.74) is 6.97. The van der Waals surface area contributed by atoms with Crippen molar-refractivity contribution in [2.75, 3.05) is 0 Å². The first-order valence-electron chi connectivity index (χ1n) is 28.5. The van der Waals surface area contributed by atoms with Crippen LogP contribution in [0.5, 0.6) is 0 Å². The first-order valence-corrected chi connectivity index (χ1v) is 26.3. The molecule has 14 aromatic rings. The summed E-state index contributed by atoms with van der Waals surface area (Å²) in [7, 11) is -0.467. The van der Waals surface area contributed by atoms with Crippen molar-refractivity contribution in [2.24, 2.45) is 0 Å². The van der Waals surface area contributed by atoms with E-state index in [1.807, 2.05) is 25.1 Å². The molecule has 78 heavy (non-hydrogen) atoms. The smallest absolute Gasteiger partial charge is 0.456 e. The fourth-order valence-corrected chi connectivity index (χ4v) is 11.4. The summed E-state index contributed by atoms with van der Waals surface area (Å²) < 4.78 is 71.2. The number of benzene rings is 10. The van der Waals surface area contributed by atoms with Gasteiger partial charge in [-0.2, -0.15) is 0 Å². The molecule has 1 aliphatic rings. The monoisotopic (exact) mass is 1090 g/mol. The maximum atomic E-state index is 7.75. The third-order valence-corrected chi connectivity index (χ3v) is 16.2. The molecule has 6 nitrogen and oxygen atoms in total. The number of aromatic nitrogens is 2. The van der Waals surface area contributed by atoms with E-state index >= 15 is 0 Å². The van der Waals surface area contributed by atoms with Crippen LogP contribution in [0.1, 0.15) is 73.0 Å². The Morgan fingerprint density at radius 2 is 0.795 bits per heavy atom. The van der Waals surface area contributed by atoms with Gasteiger partial charge in [-0.1, -0.05) is 142 Å². The molecule has 8 heteroatoms. The standard InChI is InChI=1S/C31H21NO.C30H25BO3.C7H8BrN.2CH4/c1-18-14-29(32-17-19(18)2)25-13-7-12-24-28-15-26-22-10-5-3-8-20(22)21-9-4-6-11-23(21)27(26)16-30(28)33-31(24)25;1-29(2)30(3,4)34-31(33-29)26-15-9-14-22-25-16-23-20-12-7-5-10-18(20)19-11-6-8-13-21(19)24(23)17-27(25)32-28(22)26;1-5-3-7(8)9-4-6(5)2;;/h3-17H,1-2H3;5-17H,1-4H3;3-4H,1-2H3;2*1H4/i2D3;;2D3;;. The normalized spacial score (nSPS) is 15.3. The molecule has 1 fully saturated rings. The predicted octanol–water partition coefficient (Wildman–Crippen LogP) is 19.8. The highest BCUT2D eigenvalue weighted by molar-refractivity contribution is 9.10. The first kappa shape index (κ1) is 45.2. The Labute approximate surface area is 472 Å². The second kappa shape index (κ2) is 19.9. The highest BCUT2D eigenvalue weighted by Crippen LogP contribution is 2.44. The summed E-state index contributed by atoms with van der Waals surface area (Å²) in [5.74, 6) is 0. The van der Waals surface area contributed by atoms with E-state index in [9.17, 15) is 0 Å². The molecule has 5 heterocycles. The second-order valence-electron chi connectivity index (χ2n) is 20.9. The molecule has 0 spiro atoms. The van der Waals surface area contributed by atoms with E-state index in [0.29, 0.717) is 21.4 Å². The van der Waals surface area contributed by atoms with Gasteiger partial charge >= 0.3 is 7.12 Å². The van der Waals surface area contributed by atoms with Crippen LogP contribution in [-0.2, 0) is 9.31 Å². The molecule has 1 saturated heterocycles. The fraction of sp³-hybridized carbons (Fsp3) is 0.171. The topological polar surface area (TPSA) is 70.5 Å². The number of halogens is 1. The van der Waals surface area contributed by atoms with Crippen LogP contribution in [0.2, 0.25) is 0 Å². The Morgan fingerprint density at radius 1 is 0.410 bits per heavy atom. The van der Waals surface area contributed by atoms with Crippen molar-refractivity contribution < 1.29 is 26.4 Å². The van der Waals surface area contributed by atoms with Crippen molar-refractivity contribution in [1.82, 2.24) is 9.97 Å². The molecule has 15 rings (SSSR count). The van der Waals surface area contributed by atoms with E-state index in [1.165, 1.54) is 71.6 Å². The maximum Gasteiger partial charge on any atom is 0.498 e. The van der Waals surface area contributed by atoms with Gasteiger partial charge in [-0.25, -0.2) is 4.98 Å². The summed E-state index contributed by atoms with van der Waals surface area (Å²) in [6, 6.07) is 59.1. The molecular weight excluding hydrogens is 1020 g/mol. The van der Waals surface area contributed by atoms with Gasteiger partial charge in [0, 0.05) is 53.2 Å². The molecule has 0 N–H and O–H groups in total. The number of para-hydroxylation sites is 2. The fourth-order valence-electron chi connectivity index (χ4n) is 11.0. The summed E-state index contributed by atoms with van der Waals surface area (Å²) in [5, 5.41) is 19.0. The Morgan fingerprint density at radius 3 is 1.24 bits per heavy atom. The van der Waals surface area contributed by atoms with Crippen LogP contribution >= 0.6 is 15.9 Å². The van der Waals surface area contributed by atoms with Crippen molar-refractivity contribution in [3.05, 3.63) is 209 Å². The predicted molar refractivity (Wildman–Crippen MR) is 336 cm³/mol. The molecule has 386 valence electrons. The van der Waals surface area contributed by atoms with Crippen molar-refractivity contribution >= 4 is 137 Å². The molecule has 0 saturated carbocycles. The number of rotatable bonds is 2. The van der Waals surface area contributed by atoms with Crippen molar-refractivity contribution in [3.63, 3.8) is 0 Å². The van der Waals surface area contributed by atoms with Gasteiger partial charge < -0.3 is 18.1 Å². The average molecular weight is 1090 g/mol. The molecule has 0 radical (unpaired) electrons. The van der Waals surface area contributed by atoms with E-state index in [2.05, 4.69) is 199 Å². The largest absolute Gasteiger partial charge is 0.498 e. The van der Waals surface area contributed by atoms with Crippen LogP contribution < -0.4 is 5.46 Å². The van der Waals surface area contributed by atoms with E-state index in [0.717, 1.165) is 65.9 Å². The van der Waals surface area contributed by atoms with Crippen LogP contribution in [0.15, 0.2) is 196 Å². The molecule has 10 aromatic carbocycles. The summed E-state index contributed by atoms with van der Waals surface area (Å²) in [6.45, 7) is 7.64. The lowest BCUT2D eigenvalue weighted by Gasteiger charge is -2.32. The zero-order valence-electron chi connectivity index (χ0n) is 48.8. The van der Waals surface area contributed by atoms with Crippen LogP contribution in [0.25, 0.3) is 120 Å². The molecular formula is C70H62BBrN2O4. The van der Waals surface area contributed by atoms with Crippen molar-refractivity contribution in [1.29, 1.82) is 0 Å². The third kappa shape index (κ3) is 8.58. The third-order valence-electron chi connectivity index (χ3n) is 15.7. The number of hydrogen-bond acceptors (Lipinski definition) is 6. The van der Waals surface area contributed by atoms with Gasteiger partial charge in [0.25, 0.3) is 0 Å². The molecule has 0 amide bonds. The zero-order valence-corrected chi connectivity index (χ0v) is 44.4. The minimum absolute atomic E-state index is 0. The molecule has 0 aliphatic carbocycles. The van der Waals surface area contributed by atoms with Crippen molar-refractivity contribution in [3.8, 4) is 11.3 Å². The number of aryl methyl sites for hydroxylation is 4. The molecule has 0 bridgehead atoms. The molecule has 4 aromatic heterocycles. The molecule has 1 aliphatic heterocycles.